The number of aromatic nitrogens is 2. The minimum absolute atomic E-state index is 0.307. The molecule has 0 aliphatic carbocycles. The van der Waals surface area contributed by atoms with Crippen molar-refractivity contribution >= 4 is 0 Å². The van der Waals surface area contributed by atoms with Crippen LogP contribution >= 0.6 is 0 Å². The van der Waals surface area contributed by atoms with Crippen LogP contribution in [0, 0.1) is 0 Å². The minimum Gasteiger partial charge on any atom is -0.454 e. The molecule has 0 aliphatic rings. The van der Waals surface area contributed by atoms with E-state index in [-0.39, 0.29) is 0 Å². The molecule has 4 nitrogen and oxygen atoms in total. The Hall–Kier alpha value is -1.94. The van der Waals surface area contributed by atoms with Crippen molar-refractivity contribution in [1.82, 2.24) is 15.3 Å². The summed E-state index contributed by atoms with van der Waals surface area (Å²) in [5.41, 5.74) is 0.880. The fourth-order valence-corrected chi connectivity index (χ4v) is 1.69. The van der Waals surface area contributed by atoms with Crippen molar-refractivity contribution in [3.63, 3.8) is 0 Å². The largest absolute Gasteiger partial charge is 0.454 e. The van der Waals surface area contributed by atoms with Gasteiger partial charge in [0.1, 0.15) is 17.3 Å². The Morgan fingerprint density at radius 1 is 1.21 bits per heavy atom. The molecular formula is C15H19N3O. The predicted octanol–water partition coefficient (Wildman–Crippen LogP) is 3.11. The van der Waals surface area contributed by atoms with Gasteiger partial charge in [0.15, 0.2) is 5.75 Å². The Bertz CT molecular complexity index is 526. The Morgan fingerprint density at radius 2 is 1.95 bits per heavy atom. The summed E-state index contributed by atoms with van der Waals surface area (Å²) in [4.78, 5) is 8.91. The van der Waals surface area contributed by atoms with Crippen LogP contribution in [0.5, 0.6) is 11.5 Å². The third kappa shape index (κ3) is 3.51. The number of para-hydroxylation sites is 1. The van der Waals surface area contributed by atoms with Gasteiger partial charge in [0.2, 0.25) is 0 Å². The fraction of sp³-hybridized carbons (Fsp3) is 0.333. The smallest absolute Gasteiger partial charge is 0.168 e. The van der Waals surface area contributed by atoms with Crippen LogP contribution < -0.4 is 10.1 Å². The minimum atomic E-state index is 0.307. The quantitative estimate of drug-likeness (QED) is 0.894. The van der Waals surface area contributed by atoms with Crippen molar-refractivity contribution in [2.45, 2.75) is 26.3 Å². The highest BCUT2D eigenvalue weighted by Gasteiger charge is 2.10. The third-order valence-corrected chi connectivity index (χ3v) is 2.68. The monoisotopic (exact) mass is 257 g/mol. The van der Waals surface area contributed by atoms with E-state index >= 15 is 0 Å². The molecule has 100 valence electrons. The molecule has 1 aromatic carbocycles. The van der Waals surface area contributed by atoms with E-state index in [0.29, 0.717) is 18.2 Å². The van der Waals surface area contributed by atoms with Crippen LogP contribution in [0.2, 0.25) is 0 Å². The van der Waals surface area contributed by atoms with Gasteiger partial charge in [-0.05, 0) is 19.2 Å². The van der Waals surface area contributed by atoms with Gasteiger partial charge in [-0.15, -0.1) is 0 Å². The van der Waals surface area contributed by atoms with E-state index < -0.39 is 0 Å². The number of ether oxygens (including phenoxy) is 1. The summed E-state index contributed by atoms with van der Waals surface area (Å²) in [5.74, 6) is 2.64. The number of benzene rings is 1. The Morgan fingerprint density at radius 3 is 2.58 bits per heavy atom. The second kappa shape index (κ2) is 6.29. The molecule has 1 N–H and O–H groups in total. The van der Waals surface area contributed by atoms with Gasteiger partial charge >= 0.3 is 0 Å². The van der Waals surface area contributed by atoms with Crippen LogP contribution in [-0.2, 0) is 6.54 Å². The average Bonchev–Trinajstić information content (AvgIpc) is 2.42. The van der Waals surface area contributed by atoms with Gasteiger partial charge in [0, 0.05) is 12.5 Å². The summed E-state index contributed by atoms with van der Waals surface area (Å²) in [5, 5.41) is 3.11. The second-order valence-electron chi connectivity index (χ2n) is 4.64. The fourth-order valence-electron chi connectivity index (χ4n) is 1.69. The molecule has 0 radical (unpaired) electrons. The molecule has 1 heterocycles. The first-order valence-electron chi connectivity index (χ1n) is 6.44. The summed E-state index contributed by atoms with van der Waals surface area (Å²) >= 11 is 0. The molecule has 1 aromatic heterocycles. The molecule has 2 aromatic rings. The maximum Gasteiger partial charge on any atom is 0.168 e. The molecular weight excluding hydrogens is 238 g/mol. The summed E-state index contributed by atoms with van der Waals surface area (Å²) < 4.78 is 5.83. The first-order chi connectivity index (χ1) is 9.20. The molecule has 0 aliphatic heterocycles. The normalized spacial score (nSPS) is 10.7. The number of hydrogen-bond acceptors (Lipinski definition) is 4. The topological polar surface area (TPSA) is 47.0 Å². The number of nitrogens with one attached hydrogen (secondary N) is 1. The predicted molar refractivity (Wildman–Crippen MR) is 75.4 cm³/mol. The third-order valence-electron chi connectivity index (χ3n) is 2.68. The summed E-state index contributed by atoms with van der Waals surface area (Å²) in [7, 11) is 1.89. The van der Waals surface area contributed by atoms with Crippen molar-refractivity contribution in [2.75, 3.05) is 7.05 Å². The highest BCUT2D eigenvalue weighted by Crippen LogP contribution is 2.24. The van der Waals surface area contributed by atoms with Crippen LogP contribution in [0.25, 0.3) is 0 Å². The van der Waals surface area contributed by atoms with E-state index in [0.717, 1.165) is 17.3 Å². The highest BCUT2D eigenvalue weighted by molar-refractivity contribution is 5.32. The summed E-state index contributed by atoms with van der Waals surface area (Å²) in [6, 6.07) is 9.67. The van der Waals surface area contributed by atoms with Gasteiger partial charge in [0.05, 0.1) is 6.20 Å². The number of hydrogen-bond donors (Lipinski definition) is 1. The zero-order valence-corrected chi connectivity index (χ0v) is 11.6. The van der Waals surface area contributed by atoms with Crippen molar-refractivity contribution in [3.05, 3.63) is 48.0 Å². The molecule has 0 saturated carbocycles. The van der Waals surface area contributed by atoms with Crippen LogP contribution in [0.1, 0.15) is 31.3 Å². The summed E-state index contributed by atoms with van der Waals surface area (Å²) in [6.45, 7) is 4.82. The highest BCUT2D eigenvalue weighted by atomic mass is 16.5. The number of rotatable bonds is 5. The van der Waals surface area contributed by atoms with E-state index in [2.05, 4.69) is 29.1 Å². The van der Waals surface area contributed by atoms with Crippen LogP contribution in [0.4, 0.5) is 0 Å². The Kier molecular flexibility index (Phi) is 4.47. The number of nitrogens with zero attached hydrogens (tertiary/aromatic N) is 2. The molecule has 0 spiro atoms. The van der Waals surface area contributed by atoms with E-state index in [1.54, 1.807) is 6.20 Å². The zero-order valence-electron chi connectivity index (χ0n) is 11.6. The van der Waals surface area contributed by atoms with Crippen molar-refractivity contribution < 1.29 is 4.74 Å². The zero-order chi connectivity index (χ0) is 13.7. The Labute approximate surface area is 113 Å². The molecule has 0 fully saturated rings. The van der Waals surface area contributed by atoms with Crippen LogP contribution in [-0.4, -0.2) is 17.0 Å². The molecule has 0 saturated heterocycles. The van der Waals surface area contributed by atoms with E-state index in [9.17, 15) is 0 Å². The summed E-state index contributed by atoms with van der Waals surface area (Å²) in [6.07, 6.45) is 1.75. The van der Waals surface area contributed by atoms with Crippen molar-refractivity contribution in [3.8, 4) is 11.5 Å². The van der Waals surface area contributed by atoms with Crippen molar-refractivity contribution in [2.24, 2.45) is 0 Å². The van der Waals surface area contributed by atoms with Gasteiger partial charge in [-0.3, -0.25) is 0 Å². The second-order valence-corrected chi connectivity index (χ2v) is 4.64. The lowest BCUT2D eigenvalue weighted by atomic mass is 10.2. The van der Waals surface area contributed by atoms with Gasteiger partial charge in [-0.1, -0.05) is 32.0 Å². The molecule has 0 unspecified atom stereocenters. The SMILES string of the molecule is CNCc1nc(C(C)C)ncc1Oc1ccccc1. The van der Waals surface area contributed by atoms with Gasteiger partial charge in [0.25, 0.3) is 0 Å². The van der Waals surface area contributed by atoms with E-state index in [4.69, 9.17) is 4.74 Å². The molecule has 0 bridgehead atoms. The maximum atomic E-state index is 5.83. The molecule has 2 rings (SSSR count). The van der Waals surface area contributed by atoms with Gasteiger partial charge < -0.3 is 10.1 Å². The van der Waals surface area contributed by atoms with E-state index in [1.807, 2.05) is 37.4 Å². The molecule has 0 atom stereocenters. The lowest BCUT2D eigenvalue weighted by Crippen LogP contribution is -2.11. The average molecular weight is 257 g/mol. The van der Waals surface area contributed by atoms with E-state index in [1.165, 1.54) is 0 Å². The first-order valence-corrected chi connectivity index (χ1v) is 6.44. The van der Waals surface area contributed by atoms with Gasteiger partial charge in [-0.25, -0.2) is 9.97 Å². The lowest BCUT2D eigenvalue weighted by Gasteiger charge is -2.12. The standard InChI is InChI=1S/C15H19N3O/c1-11(2)15-17-10-14(13(18-15)9-16-3)19-12-7-5-4-6-8-12/h4-8,10-11,16H,9H2,1-3H3. The van der Waals surface area contributed by atoms with Gasteiger partial charge in [-0.2, -0.15) is 0 Å². The molecule has 4 heteroatoms. The first kappa shape index (κ1) is 13.5. The molecule has 0 amide bonds. The lowest BCUT2D eigenvalue weighted by molar-refractivity contribution is 0.464. The molecule has 19 heavy (non-hydrogen) atoms. The van der Waals surface area contributed by atoms with Crippen LogP contribution in [0.15, 0.2) is 36.5 Å². The van der Waals surface area contributed by atoms with Crippen molar-refractivity contribution in [1.29, 1.82) is 0 Å². The maximum absolute atomic E-state index is 5.83. The van der Waals surface area contributed by atoms with Crippen LogP contribution in [0.3, 0.4) is 0 Å². The Balaban J connectivity index is 2.28.